The average Bonchev–Trinajstić information content (AvgIpc) is 2.37. The maximum atomic E-state index is 12.9. The summed E-state index contributed by atoms with van der Waals surface area (Å²) in [6.07, 6.45) is -3.78. The highest BCUT2D eigenvalue weighted by Crippen LogP contribution is 2.36. The van der Waals surface area contributed by atoms with E-state index in [1.165, 1.54) is 0 Å². The van der Waals surface area contributed by atoms with Crippen molar-refractivity contribution in [1.29, 1.82) is 0 Å². The molecule has 0 saturated carbocycles. The smallest absolute Gasteiger partial charge is 0.383 e. The maximum Gasteiger partial charge on any atom is 0.383 e. The van der Waals surface area contributed by atoms with Crippen LogP contribution in [0.15, 0.2) is 0 Å². The summed E-state index contributed by atoms with van der Waals surface area (Å²) in [5, 5.41) is 9.09. The number of hydrogen-bond acceptors (Lipinski definition) is 2. The van der Waals surface area contributed by atoms with E-state index in [1.807, 2.05) is 0 Å². The van der Waals surface area contributed by atoms with E-state index < -0.39 is 29.6 Å². The van der Waals surface area contributed by atoms with Crippen LogP contribution in [0, 0.1) is 5.41 Å². The average molecular weight is 285 g/mol. The molecule has 0 unspecified atom stereocenters. The fourth-order valence-corrected chi connectivity index (χ4v) is 2.16. The molecule has 8 heteroatoms. The molecule has 0 atom stereocenters. The number of amides is 1. The minimum absolute atomic E-state index is 0.0100. The van der Waals surface area contributed by atoms with Crippen molar-refractivity contribution in [2.75, 3.05) is 13.1 Å². The second-order valence-electron chi connectivity index (χ2n) is 4.65. The molecular weight excluding hydrogens is 270 g/mol. The molecule has 0 aromatic rings. The monoisotopic (exact) mass is 285 g/mol. The Morgan fingerprint density at radius 3 is 2.11 bits per heavy atom. The number of aliphatic carboxylic acids is 1. The number of carboxylic acids is 1. The standard InChI is InChI=1S/C11H15F4NO3/c1-2-10(9(18)19)3-5-16(6-4-10)8(17)11(14,15)7(12)13/h7H,2-6H2,1H3,(H,18,19). The first-order chi connectivity index (χ1) is 8.67. The van der Waals surface area contributed by atoms with Crippen molar-refractivity contribution >= 4 is 11.9 Å². The summed E-state index contributed by atoms with van der Waals surface area (Å²) in [4.78, 5) is 23.0. The van der Waals surface area contributed by atoms with E-state index in [4.69, 9.17) is 5.11 Å². The van der Waals surface area contributed by atoms with Crippen molar-refractivity contribution in [2.24, 2.45) is 5.41 Å². The Kier molecular flexibility index (Phi) is 4.42. The second-order valence-corrected chi connectivity index (χ2v) is 4.65. The van der Waals surface area contributed by atoms with E-state index in [-0.39, 0.29) is 25.9 Å². The van der Waals surface area contributed by atoms with Crippen LogP contribution in [0.1, 0.15) is 26.2 Å². The van der Waals surface area contributed by atoms with E-state index >= 15 is 0 Å². The minimum atomic E-state index is -4.71. The number of rotatable bonds is 4. The first kappa shape index (κ1) is 15.7. The zero-order valence-corrected chi connectivity index (χ0v) is 10.3. The van der Waals surface area contributed by atoms with Crippen LogP contribution in [-0.4, -0.2) is 47.3 Å². The first-order valence-corrected chi connectivity index (χ1v) is 5.86. The van der Waals surface area contributed by atoms with Gasteiger partial charge in [-0.3, -0.25) is 9.59 Å². The predicted molar refractivity (Wildman–Crippen MR) is 57.1 cm³/mol. The zero-order valence-electron chi connectivity index (χ0n) is 10.3. The summed E-state index contributed by atoms with van der Waals surface area (Å²) in [7, 11) is 0. The summed E-state index contributed by atoms with van der Waals surface area (Å²) in [5.74, 6) is -7.70. The summed E-state index contributed by atoms with van der Waals surface area (Å²) < 4.78 is 49.9. The van der Waals surface area contributed by atoms with Gasteiger partial charge >= 0.3 is 18.3 Å². The van der Waals surface area contributed by atoms with E-state index in [1.54, 1.807) is 6.92 Å². The molecule has 1 aliphatic heterocycles. The molecule has 0 aliphatic carbocycles. The largest absolute Gasteiger partial charge is 0.481 e. The lowest BCUT2D eigenvalue weighted by molar-refractivity contribution is -0.184. The number of alkyl halides is 4. The van der Waals surface area contributed by atoms with Gasteiger partial charge in [0.1, 0.15) is 0 Å². The van der Waals surface area contributed by atoms with Crippen LogP contribution in [0.5, 0.6) is 0 Å². The van der Waals surface area contributed by atoms with Gasteiger partial charge in [0.25, 0.3) is 5.91 Å². The van der Waals surface area contributed by atoms with Crippen molar-refractivity contribution in [3.63, 3.8) is 0 Å². The number of nitrogens with zero attached hydrogens (tertiary/aromatic N) is 1. The normalized spacial score (nSPS) is 19.6. The van der Waals surface area contributed by atoms with Gasteiger partial charge in [-0.25, -0.2) is 8.78 Å². The molecule has 1 amide bonds. The molecule has 4 nitrogen and oxygen atoms in total. The summed E-state index contributed by atoms with van der Waals surface area (Å²) >= 11 is 0. The van der Waals surface area contributed by atoms with E-state index in [0.29, 0.717) is 11.3 Å². The second kappa shape index (κ2) is 5.34. The van der Waals surface area contributed by atoms with Crippen LogP contribution in [0.4, 0.5) is 17.6 Å². The molecule has 0 spiro atoms. The Hall–Kier alpha value is -1.34. The highest BCUT2D eigenvalue weighted by Gasteiger charge is 2.52. The molecule has 1 heterocycles. The third-order valence-electron chi connectivity index (χ3n) is 3.70. The molecule has 1 fully saturated rings. The molecule has 19 heavy (non-hydrogen) atoms. The number of carbonyl (C=O) groups is 2. The fraction of sp³-hybridized carbons (Fsp3) is 0.818. The van der Waals surface area contributed by atoms with Crippen molar-refractivity contribution in [3.8, 4) is 0 Å². The molecule has 1 N–H and O–H groups in total. The summed E-state index contributed by atoms with van der Waals surface area (Å²) in [6.45, 7) is 1.15. The van der Waals surface area contributed by atoms with Gasteiger partial charge < -0.3 is 10.0 Å². The number of hydrogen-bond donors (Lipinski definition) is 1. The Morgan fingerprint density at radius 1 is 1.32 bits per heavy atom. The molecule has 0 aromatic heterocycles. The Morgan fingerprint density at radius 2 is 1.79 bits per heavy atom. The number of carboxylic acid groups (broad SMARTS) is 1. The van der Waals surface area contributed by atoms with Gasteiger partial charge in [-0.2, -0.15) is 8.78 Å². The third kappa shape index (κ3) is 2.82. The van der Waals surface area contributed by atoms with Gasteiger partial charge in [-0.15, -0.1) is 0 Å². The number of piperidine rings is 1. The van der Waals surface area contributed by atoms with Crippen LogP contribution in [-0.2, 0) is 9.59 Å². The van der Waals surface area contributed by atoms with Gasteiger partial charge in [0.05, 0.1) is 5.41 Å². The maximum absolute atomic E-state index is 12.9. The topological polar surface area (TPSA) is 57.6 Å². The highest BCUT2D eigenvalue weighted by atomic mass is 19.3. The molecule has 0 aromatic carbocycles. The molecular formula is C11H15F4NO3. The minimum Gasteiger partial charge on any atom is -0.481 e. The van der Waals surface area contributed by atoms with Gasteiger partial charge in [0.2, 0.25) is 0 Å². The lowest BCUT2D eigenvalue weighted by atomic mass is 9.76. The summed E-state index contributed by atoms with van der Waals surface area (Å²) in [5.41, 5.74) is -1.06. The molecule has 110 valence electrons. The zero-order chi connectivity index (χ0) is 14.8. The first-order valence-electron chi connectivity index (χ1n) is 5.86. The van der Waals surface area contributed by atoms with Gasteiger partial charge in [-0.1, -0.05) is 6.92 Å². The van der Waals surface area contributed by atoms with Crippen LogP contribution in [0.25, 0.3) is 0 Å². The van der Waals surface area contributed by atoms with E-state index in [0.717, 1.165) is 0 Å². The van der Waals surface area contributed by atoms with E-state index in [2.05, 4.69) is 0 Å². The molecule has 1 rings (SSSR count). The van der Waals surface area contributed by atoms with Gasteiger partial charge in [0.15, 0.2) is 0 Å². The number of likely N-dealkylation sites (tertiary alicyclic amines) is 1. The molecule has 1 saturated heterocycles. The van der Waals surface area contributed by atoms with Crippen LogP contribution >= 0.6 is 0 Å². The van der Waals surface area contributed by atoms with Crippen molar-refractivity contribution < 1.29 is 32.3 Å². The Bertz CT molecular complexity index is 365. The number of carbonyl (C=O) groups excluding carboxylic acids is 1. The van der Waals surface area contributed by atoms with Gasteiger partial charge in [0, 0.05) is 13.1 Å². The van der Waals surface area contributed by atoms with Crippen molar-refractivity contribution in [1.82, 2.24) is 4.90 Å². The van der Waals surface area contributed by atoms with Crippen LogP contribution in [0.3, 0.4) is 0 Å². The quantitative estimate of drug-likeness (QED) is 0.804. The van der Waals surface area contributed by atoms with Crippen LogP contribution < -0.4 is 0 Å². The lowest BCUT2D eigenvalue weighted by Gasteiger charge is -2.39. The van der Waals surface area contributed by atoms with Gasteiger partial charge in [-0.05, 0) is 19.3 Å². The van der Waals surface area contributed by atoms with Crippen molar-refractivity contribution in [2.45, 2.75) is 38.5 Å². The lowest BCUT2D eigenvalue weighted by Crippen LogP contribution is -2.53. The van der Waals surface area contributed by atoms with Crippen LogP contribution in [0.2, 0.25) is 0 Å². The SMILES string of the molecule is CCC1(C(=O)O)CCN(C(=O)C(F)(F)C(F)F)CC1. The molecule has 0 radical (unpaired) electrons. The highest BCUT2D eigenvalue weighted by molar-refractivity contribution is 5.84. The summed E-state index contributed by atoms with van der Waals surface area (Å²) in [6, 6.07) is 0. The number of halogens is 4. The fourth-order valence-electron chi connectivity index (χ4n) is 2.16. The van der Waals surface area contributed by atoms with Crippen molar-refractivity contribution in [3.05, 3.63) is 0 Å². The van der Waals surface area contributed by atoms with E-state index in [9.17, 15) is 27.2 Å². The Balaban J connectivity index is 2.74. The molecule has 0 bridgehead atoms. The predicted octanol–water partition coefficient (Wildman–Crippen LogP) is 1.99. The molecule has 1 aliphatic rings. The Labute approximate surface area is 107 Å². The third-order valence-corrected chi connectivity index (χ3v) is 3.70.